The Morgan fingerprint density at radius 1 is 1.30 bits per heavy atom. The maximum Gasteiger partial charge on any atom is 0.143 e. The lowest BCUT2D eigenvalue weighted by molar-refractivity contribution is 0.0148. The summed E-state index contributed by atoms with van der Waals surface area (Å²) in [6.45, 7) is 1.55. The van der Waals surface area contributed by atoms with Gasteiger partial charge in [0, 0.05) is 31.7 Å². The molecule has 1 aliphatic rings. The van der Waals surface area contributed by atoms with Crippen LogP contribution in [0.4, 0.5) is 0 Å². The second-order valence-electron chi connectivity index (χ2n) is 6.14. The van der Waals surface area contributed by atoms with Crippen molar-refractivity contribution in [3.05, 3.63) is 24.8 Å². The second-order valence-corrected chi connectivity index (χ2v) is 6.14. The summed E-state index contributed by atoms with van der Waals surface area (Å²) in [5.74, 6) is 0. The highest BCUT2D eigenvalue weighted by atomic mass is 15.5. The normalized spacial score (nSPS) is 17.1. The molecule has 8 heteroatoms. The Kier molecular flexibility index (Phi) is 2.92. The molecular formula is C15H16N8. The summed E-state index contributed by atoms with van der Waals surface area (Å²) >= 11 is 0. The molecule has 0 aromatic carbocycles. The minimum absolute atomic E-state index is 0.329. The molecule has 4 heterocycles. The van der Waals surface area contributed by atoms with E-state index in [0.717, 1.165) is 29.8 Å². The summed E-state index contributed by atoms with van der Waals surface area (Å²) in [5, 5.41) is 19.1. The van der Waals surface area contributed by atoms with Crippen LogP contribution < -0.4 is 0 Å². The van der Waals surface area contributed by atoms with Gasteiger partial charge in [-0.05, 0) is 13.1 Å². The molecule has 116 valence electrons. The summed E-state index contributed by atoms with van der Waals surface area (Å²) < 4.78 is 1.95. The molecule has 0 N–H and O–H groups in total. The number of hydrogen-bond acceptors (Lipinski definition) is 6. The lowest BCUT2D eigenvalue weighted by Gasteiger charge is -2.46. The van der Waals surface area contributed by atoms with E-state index in [2.05, 4.69) is 31.1 Å². The van der Waals surface area contributed by atoms with Crippen LogP contribution in [-0.4, -0.2) is 54.6 Å². The molecule has 0 aliphatic carbocycles. The number of nitriles is 1. The number of aromatic nitrogens is 6. The van der Waals surface area contributed by atoms with Crippen LogP contribution in [0.5, 0.6) is 0 Å². The monoisotopic (exact) mass is 308 g/mol. The fourth-order valence-corrected chi connectivity index (χ4v) is 3.30. The molecule has 0 unspecified atom stereocenters. The molecule has 1 saturated heterocycles. The maximum atomic E-state index is 9.12. The number of fused-ring (bicyclic) bond motifs is 1. The Hall–Kier alpha value is -2.79. The molecule has 3 aromatic rings. The Bertz CT molecular complexity index is 909. The van der Waals surface area contributed by atoms with Crippen LogP contribution >= 0.6 is 0 Å². The summed E-state index contributed by atoms with van der Waals surface area (Å²) in [6.07, 6.45) is 5.60. The molecule has 0 spiro atoms. The van der Waals surface area contributed by atoms with Gasteiger partial charge in [0.05, 0.1) is 18.7 Å². The average Bonchev–Trinajstić information content (AvgIpc) is 3.13. The van der Waals surface area contributed by atoms with Gasteiger partial charge in [-0.1, -0.05) is 0 Å². The second kappa shape index (κ2) is 4.86. The first-order chi connectivity index (χ1) is 11.1. The highest BCUT2D eigenvalue weighted by Gasteiger charge is 2.45. The fraction of sp³-hybridized carbons (Fsp3) is 0.400. The molecule has 3 aromatic heterocycles. The van der Waals surface area contributed by atoms with E-state index in [0.29, 0.717) is 12.1 Å². The van der Waals surface area contributed by atoms with Crippen molar-refractivity contribution < 1.29 is 0 Å². The van der Waals surface area contributed by atoms with Crippen molar-refractivity contribution in [2.75, 3.05) is 20.1 Å². The van der Waals surface area contributed by atoms with Gasteiger partial charge in [0.25, 0.3) is 0 Å². The highest BCUT2D eigenvalue weighted by Crippen LogP contribution is 2.31. The van der Waals surface area contributed by atoms with Crippen molar-refractivity contribution in [1.82, 2.24) is 34.4 Å². The van der Waals surface area contributed by atoms with Crippen molar-refractivity contribution in [2.24, 2.45) is 7.05 Å². The predicted molar refractivity (Wildman–Crippen MR) is 83.2 cm³/mol. The van der Waals surface area contributed by atoms with E-state index in [1.54, 1.807) is 17.3 Å². The molecule has 0 radical (unpaired) electrons. The standard InChI is InChI=1S/C15H16N8/c1-21-8-15(9-21,4-5-16)23-19-7-12(20-23)13-11-3-6-22(2)14(11)18-10-17-13/h3,6-7,10H,4,8-9H2,1-2H3. The molecule has 0 bridgehead atoms. The van der Waals surface area contributed by atoms with Crippen LogP contribution in [0.1, 0.15) is 6.42 Å². The van der Waals surface area contributed by atoms with Crippen molar-refractivity contribution in [3.8, 4) is 17.5 Å². The Labute approximate surface area is 133 Å². The third kappa shape index (κ3) is 2.01. The number of nitrogens with zero attached hydrogens (tertiary/aromatic N) is 8. The van der Waals surface area contributed by atoms with Crippen LogP contribution in [0.25, 0.3) is 22.4 Å². The fourth-order valence-electron chi connectivity index (χ4n) is 3.30. The van der Waals surface area contributed by atoms with Crippen LogP contribution in [0.3, 0.4) is 0 Å². The van der Waals surface area contributed by atoms with Crippen molar-refractivity contribution in [1.29, 1.82) is 5.26 Å². The highest BCUT2D eigenvalue weighted by molar-refractivity contribution is 5.89. The van der Waals surface area contributed by atoms with Crippen molar-refractivity contribution in [2.45, 2.75) is 12.0 Å². The number of likely N-dealkylation sites (N-methyl/N-ethyl adjacent to an activating group) is 1. The number of likely N-dealkylation sites (tertiary alicyclic amines) is 1. The summed E-state index contributed by atoms with van der Waals surface area (Å²) in [5.41, 5.74) is 2.00. The molecular weight excluding hydrogens is 292 g/mol. The predicted octanol–water partition coefficient (Wildman–Crippen LogP) is 0.781. The van der Waals surface area contributed by atoms with Gasteiger partial charge in [-0.25, -0.2) is 9.97 Å². The molecule has 8 nitrogen and oxygen atoms in total. The number of aryl methyl sites for hydroxylation is 1. The summed E-state index contributed by atoms with van der Waals surface area (Å²) in [7, 11) is 3.97. The Balaban J connectivity index is 1.77. The van der Waals surface area contributed by atoms with Gasteiger partial charge >= 0.3 is 0 Å². The van der Waals surface area contributed by atoms with E-state index >= 15 is 0 Å². The first-order valence-electron chi connectivity index (χ1n) is 7.38. The molecule has 0 atom stereocenters. The zero-order valence-electron chi connectivity index (χ0n) is 13.0. The summed E-state index contributed by atoms with van der Waals surface area (Å²) in [4.78, 5) is 12.5. The van der Waals surface area contributed by atoms with Crippen LogP contribution in [0.2, 0.25) is 0 Å². The van der Waals surface area contributed by atoms with Crippen LogP contribution in [0.15, 0.2) is 24.8 Å². The first kappa shape index (κ1) is 13.8. The molecule has 1 aliphatic heterocycles. The molecule has 1 fully saturated rings. The first-order valence-corrected chi connectivity index (χ1v) is 7.38. The van der Waals surface area contributed by atoms with Gasteiger partial charge in [0.15, 0.2) is 0 Å². The molecule has 4 rings (SSSR count). The van der Waals surface area contributed by atoms with Crippen molar-refractivity contribution in [3.63, 3.8) is 0 Å². The third-order valence-electron chi connectivity index (χ3n) is 4.36. The number of hydrogen-bond donors (Lipinski definition) is 0. The van der Waals surface area contributed by atoms with E-state index in [9.17, 15) is 0 Å². The quantitative estimate of drug-likeness (QED) is 0.710. The van der Waals surface area contributed by atoms with Crippen LogP contribution in [-0.2, 0) is 12.6 Å². The van der Waals surface area contributed by atoms with E-state index < -0.39 is 0 Å². The SMILES string of the molecule is CN1CC(CC#N)(n2ncc(-c3ncnc4c3ccn4C)n2)C1. The van der Waals surface area contributed by atoms with Gasteiger partial charge in [0.1, 0.15) is 28.9 Å². The lowest BCUT2D eigenvalue weighted by Crippen LogP contribution is -2.61. The smallest absolute Gasteiger partial charge is 0.143 e. The Morgan fingerprint density at radius 3 is 2.87 bits per heavy atom. The zero-order chi connectivity index (χ0) is 16.0. The van der Waals surface area contributed by atoms with Crippen molar-refractivity contribution >= 4 is 11.0 Å². The van der Waals surface area contributed by atoms with Gasteiger partial charge in [-0.15, -0.1) is 0 Å². The molecule has 0 saturated carbocycles. The minimum Gasteiger partial charge on any atom is -0.335 e. The topological polar surface area (TPSA) is 88.5 Å². The van der Waals surface area contributed by atoms with E-state index in [1.165, 1.54) is 0 Å². The minimum atomic E-state index is -0.329. The van der Waals surface area contributed by atoms with Gasteiger partial charge < -0.3 is 9.47 Å². The van der Waals surface area contributed by atoms with Gasteiger partial charge in [-0.3, -0.25) is 0 Å². The van der Waals surface area contributed by atoms with E-state index in [4.69, 9.17) is 5.26 Å². The Morgan fingerprint density at radius 2 is 2.13 bits per heavy atom. The number of rotatable bonds is 3. The van der Waals surface area contributed by atoms with Gasteiger partial charge in [-0.2, -0.15) is 20.3 Å². The third-order valence-corrected chi connectivity index (χ3v) is 4.36. The lowest BCUT2D eigenvalue weighted by atomic mass is 9.88. The summed E-state index contributed by atoms with van der Waals surface area (Å²) in [6, 6.07) is 4.23. The van der Waals surface area contributed by atoms with E-state index in [1.807, 2.05) is 30.9 Å². The van der Waals surface area contributed by atoms with Gasteiger partial charge in [0.2, 0.25) is 0 Å². The maximum absolute atomic E-state index is 9.12. The van der Waals surface area contributed by atoms with E-state index in [-0.39, 0.29) is 5.54 Å². The largest absolute Gasteiger partial charge is 0.335 e. The zero-order valence-corrected chi connectivity index (χ0v) is 13.0. The average molecular weight is 308 g/mol. The molecule has 0 amide bonds. The van der Waals surface area contributed by atoms with Crippen LogP contribution in [0, 0.1) is 11.3 Å². The molecule has 23 heavy (non-hydrogen) atoms.